The molecule has 11 heteroatoms. The molecule has 32 heavy (non-hydrogen) atoms. The first-order chi connectivity index (χ1) is 15.3. The highest BCUT2D eigenvalue weighted by atomic mass is 35.5. The van der Waals surface area contributed by atoms with E-state index < -0.39 is 15.8 Å². The maximum Gasteiger partial charge on any atom is 0.286 e. The summed E-state index contributed by atoms with van der Waals surface area (Å²) in [5.74, 6) is -1.22. The predicted molar refractivity (Wildman–Crippen MR) is 121 cm³/mol. The zero-order valence-corrected chi connectivity index (χ0v) is 19.5. The van der Waals surface area contributed by atoms with Gasteiger partial charge in [-0.1, -0.05) is 41.1 Å². The van der Waals surface area contributed by atoms with Crippen LogP contribution >= 0.6 is 22.9 Å². The average molecular weight is 495 g/mol. The number of hydrogen-bond acceptors (Lipinski definition) is 6. The summed E-state index contributed by atoms with van der Waals surface area (Å²) in [6.07, 6.45) is 1.35. The Balaban J connectivity index is 1.49. The molecule has 0 spiro atoms. The lowest BCUT2D eigenvalue weighted by Crippen LogP contribution is -2.39. The molecule has 1 unspecified atom stereocenters. The fourth-order valence-electron chi connectivity index (χ4n) is 3.53. The highest BCUT2D eigenvalue weighted by Gasteiger charge is 2.33. The summed E-state index contributed by atoms with van der Waals surface area (Å²) in [7, 11) is -3.84. The summed E-state index contributed by atoms with van der Waals surface area (Å²) in [5.41, 5.74) is 1.63. The number of nitrogens with one attached hydrogen (secondary N) is 1. The topological polar surface area (TPSA) is 92.3 Å². The van der Waals surface area contributed by atoms with Crippen LogP contribution < -0.4 is 5.32 Å². The summed E-state index contributed by atoms with van der Waals surface area (Å²) in [6.45, 7) is 2.44. The van der Waals surface area contributed by atoms with Crippen LogP contribution in [0.2, 0.25) is 5.02 Å². The van der Waals surface area contributed by atoms with Crippen molar-refractivity contribution in [2.75, 3.05) is 18.4 Å². The fraction of sp³-hybridized carbons (Fsp3) is 0.286. The first-order valence-corrected chi connectivity index (χ1v) is 12.5. The van der Waals surface area contributed by atoms with E-state index in [2.05, 4.69) is 15.5 Å². The third-order valence-electron chi connectivity index (χ3n) is 5.29. The maximum atomic E-state index is 13.5. The molecule has 3 aromatic rings. The van der Waals surface area contributed by atoms with Crippen molar-refractivity contribution in [1.82, 2.24) is 14.5 Å². The van der Waals surface area contributed by atoms with Crippen molar-refractivity contribution < 1.29 is 17.6 Å². The van der Waals surface area contributed by atoms with E-state index >= 15 is 0 Å². The third kappa shape index (κ3) is 4.68. The Morgan fingerprint density at radius 2 is 2.03 bits per heavy atom. The SMILES string of the molecule is Cc1ccccc1NC(=O)c1nnc(C2CCCN(S(=O)(=O)c3ccc(F)c(Cl)c3)C2)s1. The Kier molecular flexibility index (Phi) is 6.57. The number of rotatable bonds is 5. The zero-order valence-electron chi connectivity index (χ0n) is 17.1. The van der Waals surface area contributed by atoms with Gasteiger partial charge in [0, 0.05) is 24.7 Å². The lowest BCUT2D eigenvalue weighted by atomic mass is 10.0. The van der Waals surface area contributed by atoms with Crippen LogP contribution in [0.25, 0.3) is 0 Å². The number of halogens is 2. The summed E-state index contributed by atoms with van der Waals surface area (Å²) >= 11 is 6.93. The van der Waals surface area contributed by atoms with Gasteiger partial charge in [-0.3, -0.25) is 4.79 Å². The molecule has 1 aromatic heterocycles. The van der Waals surface area contributed by atoms with Gasteiger partial charge >= 0.3 is 0 Å². The number of para-hydroxylation sites is 1. The number of anilines is 1. The van der Waals surface area contributed by atoms with Gasteiger partial charge in [0.25, 0.3) is 5.91 Å². The van der Waals surface area contributed by atoms with Crippen LogP contribution in [-0.2, 0) is 10.0 Å². The van der Waals surface area contributed by atoms with Crippen molar-refractivity contribution >= 4 is 44.6 Å². The van der Waals surface area contributed by atoms with Crippen LogP contribution in [-0.4, -0.2) is 41.9 Å². The monoisotopic (exact) mass is 494 g/mol. The van der Waals surface area contributed by atoms with Gasteiger partial charge in [0.2, 0.25) is 15.0 Å². The number of sulfonamides is 1. The summed E-state index contributed by atoms with van der Waals surface area (Å²) < 4.78 is 40.8. The number of nitrogens with zero attached hydrogens (tertiary/aromatic N) is 3. The number of carbonyl (C=O) groups is 1. The second-order valence-corrected chi connectivity index (χ2v) is 10.8. The molecule has 7 nitrogen and oxygen atoms in total. The van der Waals surface area contributed by atoms with E-state index in [4.69, 9.17) is 11.6 Å². The van der Waals surface area contributed by atoms with Gasteiger partial charge in [-0.15, -0.1) is 10.2 Å². The lowest BCUT2D eigenvalue weighted by Gasteiger charge is -2.30. The Hall–Kier alpha value is -2.40. The number of benzene rings is 2. The summed E-state index contributed by atoms with van der Waals surface area (Å²) in [4.78, 5) is 12.5. The van der Waals surface area contributed by atoms with Crippen molar-refractivity contribution in [2.24, 2.45) is 0 Å². The Bertz CT molecular complexity index is 1270. The van der Waals surface area contributed by atoms with E-state index in [-0.39, 0.29) is 33.3 Å². The minimum absolute atomic E-state index is 0.0555. The molecule has 1 fully saturated rings. The Morgan fingerprint density at radius 3 is 2.78 bits per heavy atom. The molecule has 1 saturated heterocycles. The number of aryl methyl sites for hydroxylation is 1. The van der Waals surface area contributed by atoms with E-state index in [1.807, 2.05) is 25.1 Å². The average Bonchev–Trinajstić information content (AvgIpc) is 3.28. The Labute approximate surface area is 194 Å². The molecule has 0 saturated carbocycles. The van der Waals surface area contributed by atoms with E-state index in [1.165, 1.54) is 10.4 Å². The molecular weight excluding hydrogens is 475 g/mol. The minimum Gasteiger partial charge on any atom is -0.320 e. The number of aromatic nitrogens is 2. The number of amides is 1. The molecule has 4 rings (SSSR count). The van der Waals surface area contributed by atoms with Crippen LogP contribution in [0.4, 0.5) is 10.1 Å². The standard InChI is InChI=1S/C21H20ClFN4O3S2/c1-13-5-2-3-7-18(13)24-19(28)21-26-25-20(31-21)14-6-4-10-27(12-14)32(29,30)15-8-9-17(23)16(22)11-15/h2-3,5,7-9,11,14H,4,6,10,12H2,1H3,(H,24,28). The minimum atomic E-state index is -3.84. The molecule has 1 amide bonds. The normalized spacial score (nSPS) is 17.3. The van der Waals surface area contributed by atoms with Crippen LogP contribution in [0, 0.1) is 12.7 Å². The van der Waals surface area contributed by atoms with Gasteiger partial charge in [0.05, 0.1) is 9.92 Å². The third-order valence-corrected chi connectivity index (χ3v) is 8.53. The van der Waals surface area contributed by atoms with Crippen LogP contribution in [0.5, 0.6) is 0 Å². The Morgan fingerprint density at radius 1 is 1.25 bits per heavy atom. The molecule has 1 N–H and O–H groups in total. The smallest absolute Gasteiger partial charge is 0.286 e. The molecule has 0 aliphatic carbocycles. The molecular formula is C21H20ClFN4O3S2. The van der Waals surface area contributed by atoms with Gasteiger partial charge in [-0.2, -0.15) is 4.31 Å². The number of carbonyl (C=O) groups excluding carboxylic acids is 1. The molecule has 1 aliphatic rings. The van der Waals surface area contributed by atoms with Crippen molar-refractivity contribution in [3.8, 4) is 0 Å². The van der Waals surface area contributed by atoms with Crippen LogP contribution in [0.1, 0.15) is 39.1 Å². The highest BCUT2D eigenvalue weighted by Crippen LogP contribution is 2.33. The second-order valence-electron chi connectivity index (χ2n) is 7.49. The van der Waals surface area contributed by atoms with Crippen LogP contribution in [0.3, 0.4) is 0 Å². The lowest BCUT2D eigenvalue weighted by molar-refractivity contribution is 0.102. The quantitative estimate of drug-likeness (QED) is 0.565. The summed E-state index contributed by atoms with van der Waals surface area (Å²) in [5, 5.41) is 11.6. The van der Waals surface area contributed by atoms with Crippen molar-refractivity contribution in [2.45, 2.75) is 30.6 Å². The molecule has 1 aliphatic heterocycles. The molecule has 168 valence electrons. The van der Waals surface area contributed by atoms with E-state index in [9.17, 15) is 17.6 Å². The van der Waals surface area contributed by atoms with Crippen molar-refractivity contribution in [3.63, 3.8) is 0 Å². The predicted octanol–water partition coefficient (Wildman–Crippen LogP) is 4.46. The van der Waals surface area contributed by atoms with E-state index in [0.717, 1.165) is 35.5 Å². The zero-order chi connectivity index (χ0) is 22.9. The first-order valence-electron chi connectivity index (χ1n) is 9.91. The van der Waals surface area contributed by atoms with Crippen LogP contribution in [0.15, 0.2) is 47.4 Å². The molecule has 0 bridgehead atoms. The van der Waals surface area contributed by atoms with Gasteiger partial charge in [0.15, 0.2) is 0 Å². The number of piperidine rings is 1. The maximum absolute atomic E-state index is 13.5. The van der Waals surface area contributed by atoms with Gasteiger partial charge in [-0.25, -0.2) is 12.8 Å². The molecule has 2 aromatic carbocycles. The first kappa shape index (κ1) is 22.8. The fourth-order valence-corrected chi connectivity index (χ4v) is 6.19. The van der Waals surface area contributed by atoms with Gasteiger partial charge < -0.3 is 5.32 Å². The second kappa shape index (κ2) is 9.22. The molecule has 0 radical (unpaired) electrons. The molecule has 2 heterocycles. The highest BCUT2D eigenvalue weighted by molar-refractivity contribution is 7.89. The number of hydrogen-bond donors (Lipinski definition) is 1. The van der Waals surface area contributed by atoms with E-state index in [1.54, 1.807) is 6.07 Å². The largest absolute Gasteiger partial charge is 0.320 e. The van der Waals surface area contributed by atoms with E-state index in [0.29, 0.717) is 23.7 Å². The summed E-state index contributed by atoms with van der Waals surface area (Å²) in [6, 6.07) is 10.8. The van der Waals surface area contributed by atoms with Crippen molar-refractivity contribution in [3.05, 3.63) is 68.9 Å². The van der Waals surface area contributed by atoms with Gasteiger partial charge in [-0.05, 0) is 49.6 Å². The molecule has 1 atom stereocenters. The van der Waals surface area contributed by atoms with Gasteiger partial charge in [0.1, 0.15) is 10.8 Å². The van der Waals surface area contributed by atoms with Crippen molar-refractivity contribution in [1.29, 1.82) is 0 Å².